The Morgan fingerprint density at radius 3 is 2.95 bits per heavy atom. The number of hydrogen-bond donors (Lipinski definition) is 0. The Kier molecular flexibility index (Phi) is 1.65. The first-order valence-corrected chi connectivity index (χ1v) is 6.63. The van der Waals surface area contributed by atoms with E-state index in [9.17, 15) is 0 Å². The SMILES string of the molecule is Cn1c2cccnc2n2c3[n+](cc12)Cc1ncccc1-3. The third-order valence-corrected chi connectivity index (χ3v) is 4.12. The summed E-state index contributed by atoms with van der Waals surface area (Å²) in [5.74, 6) is 1.17. The zero-order chi connectivity index (χ0) is 13.3. The van der Waals surface area contributed by atoms with Crippen LogP contribution in [0.1, 0.15) is 5.69 Å². The van der Waals surface area contributed by atoms with Crippen molar-refractivity contribution in [3.63, 3.8) is 0 Å². The van der Waals surface area contributed by atoms with E-state index in [4.69, 9.17) is 0 Å². The average Bonchev–Trinajstić information content (AvgIpc) is 3.08. The first kappa shape index (κ1) is 10.1. The number of aromatic nitrogens is 5. The van der Waals surface area contributed by atoms with Crippen molar-refractivity contribution in [3.05, 3.63) is 48.5 Å². The van der Waals surface area contributed by atoms with Gasteiger partial charge in [0.05, 0.1) is 11.3 Å². The molecule has 0 aliphatic carbocycles. The lowest BCUT2D eigenvalue weighted by Crippen LogP contribution is -2.30. The molecule has 5 nitrogen and oxygen atoms in total. The van der Waals surface area contributed by atoms with E-state index in [-0.39, 0.29) is 0 Å². The molecule has 0 N–H and O–H groups in total. The molecule has 5 heterocycles. The molecule has 0 bridgehead atoms. The van der Waals surface area contributed by atoms with Crippen molar-refractivity contribution in [1.82, 2.24) is 18.9 Å². The van der Waals surface area contributed by atoms with E-state index < -0.39 is 0 Å². The van der Waals surface area contributed by atoms with Crippen molar-refractivity contribution in [3.8, 4) is 11.4 Å². The third-order valence-electron chi connectivity index (χ3n) is 4.12. The van der Waals surface area contributed by atoms with E-state index in [1.165, 1.54) is 11.4 Å². The average molecular weight is 262 g/mol. The third kappa shape index (κ3) is 1.02. The Hall–Kier alpha value is -2.69. The summed E-state index contributed by atoms with van der Waals surface area (Å²) in [4.78, 5) is 9.04. The van der Waals surface area contributed by atoms with Gasteiger partial charge in [0, 0.05) is 19.4 Å². The fourth-order valence-corrected chi connectivity index (χ4v) is 3.21. The Morgan fingerprint density at radius 2 is 2.00 bits per heavy atom. The van der Waals surface area contributed by atoms with Crippen LogP contribution in [0, 0.1) is 0 Å². The minimum absolute atomic E-state index is 0.835. The lowest BCUT2D eigenvalue weighted by molar-refractivity contribution is -0.670. The zero-order valence-electron chi connectivity index (χ0n) is 11.0. The predicted molar refractivity (Wildman–Crippen MR) is 74.2 cm³/mol. The molecule has 0 saturated carbocycles. The van der Waals surface area contributed by atoms with Crippen molar-refractivity contribution in [2.24, 2.45) is 7.05 Å². The largest absolute Gasteiger partial charge is 0.303 e. The van der Waals surface area contributed by atoms with Gasteiger partial charge in [-0.25, -0.2) is 9.55 Å². The van der Waals surface area contributed by atoms with Crippen molar-refractivity contribution < 1.29 is 4.57 Å². The lowest BCUT2D eigenvalue weighted by Gasteiger charge is -1.91. The molecule has 0 spiro atoms. The summed E-state index contributed by atoms with van der Waals surface area (Å²) in [6.07, 6.45) is 5.88. The minimum atomic E-state index is 0.835. The summed E-state index contributed by atoms with van der Waals surface area (Å²) in [6, 6.07) is 8.21. The fourth-order valence-electron chi connectivity index (χ4n) is 3.21. The van der Waals surface area contributed by atoms with Crippen LogP contribution >= 0.6 is 0 Å². The van der Waals surface area contributed by atoms with E-state index in [0.29, 0.717) is 0 Å². The van der Waals surface area contributed by atoms with Crippen molar-refractivity contribution in [1.29, 1.82) is 0 Å². The first-order chi connectivity index (χ1) is 9.84. The highest BCUT2D eigenvalue weighted by molar-refractivity contribution is 5.80. The van der Waals surface area contributed by atoms with E-state index in [2.05, 4.69) is 48.9 Å². The molecule has 0 amide bonds. The van der Waals surface area contributed by atoms with Crippen molar-refractivity contribution >= 4 is 16.8 Å². The number of nitrogens with zero attached hydrogens (tertiary/aromatic N) is 5. The van der Waals surface area contributed by atoms with E-state index in [0.717, 1.165) is 29.0 Å². The molecule has 0 unspecified atom stereocenters. The maximum Gasteiger partial charge on any atom is 0.299 e. The van der Waals surface area contributed by atoms with Gasteiger partial charge in [-0.15, -0.1) is 0 Å². The molecule has 5 rings (SSSR count). The molecule has 0 radical (unpaired) electrons. The van der Waals surface area contributed by atoms with Crippen LogP contribution in [0.5, 0.6) is 0 Å². The molecular weight excluding hydrogens is 250 g/mol. The van der Waals surface area contributed by atoms with E-state index in [1.807, 2.05) is 24.5 Å². The monoisotopic (exact) mass is 262 g/mol. The van der Waals surface area contributed by atoms with Gasteiger partial charge >= 0.3 is 0 Å². The normalized spacial score (nSPS) is 13.1. The summed E-state index contributed by atoms with van der Waals surface area (Å²) >= 11 is 0. The maximum absolute atomic E-state index is 4.56. The Labute approximate surface area is 114 Å². The van der Waals surface area contributed by atoms with Crippen LogP contribution in [0.2, 0.25) is 0 Å². The maximum atomic E-state index is 4.56. The van der Waals surface area contributed by atoms with E-state index >= 15 is 0 Å². The molecule has 0 saturated heterocycles. The topological polar surface area (TPSA) is 39.0 Å². The van der Waals surface area contributed by atoms with Gasteiger partial charge in [-0.3, -0.25) is 4.98 Å². The van der Waals surface area contributed by atoms with Crippen LogP contribution in [0.25, 0.3) is 28.2 Å². The summed E-state index contributed by atoms with van der Waals surface area (Å²) in [5, 5.41) is 0. The molecule has 0 aromatic carbocycles. The standard InChI is InChI=1S/C15H12N5/c1-18-12-5-3-7-17-14(12)20-13(18)9-19-8-11-10(15(19)20)4-2-6-16-11/h2-7,9H,8H2,1H3/q+1. The van der Waals surface area contributed by atoms with Gasteiger partial charge in [0.2, 0.25) is 5.65 Å². The van der Waals surface area contributed by atoms with Crippen LogP contribution < -0.4 is 4.57 Å². The summed E-state index contributed by atoms with van der Waals surface area (Å²) in [7, 11) is 2.08. The molecule has 1 aliphatic rings. The van der Waals surface area contributed by atoms with Crippen LogP contribution in [0.3, 0.4) is 0 Å². The van der Waals surface area contributed by atoms with Gasteiger partial charge < -0.3 is 4.57 Å². The highest BCUT2D eigenvalue weighted by Crippen LogP contribution is 2.29. The summed E-state index contributed by atoms with van der Waals surface area (Å²) in [5.41, 5.74) is 5.62. The molecule has 5 heteroatoms. The van der Waals surface area contributed by atoms with Gasteiger partial charge in [-0.05, 0) is 24.3 Å². The molecule has 4 aromatic heterocycles. The molecule has 96 valence electrons. The van der Waals surface area contributed by atoms with Gasteiger partial charge in [0.1, 0.15) is 12.1 Å². The van der Waals surface area contributed by atoms with Gasteiger partial charge in [0.15, 0.2) is 6.20 Å². The molecular formula is C15H12N5+. The number of aryl methyl sites for hydroxylation is 1. The van der Waals surface area contributed by atoms with Crippen LogP contribution in [-0.2, 0) is 13.6 Å². The Bertz CT molecular complexity index is 992. The van der Waals surface area contributed by atoms with Gasteiger partial charge in [-0.2, -0.15) is 4.40 Å². The Morgan fingerprint density at radius 1 is 1.15 bits per heavy atom. The quantitative estimate of drug-likeness (QED) is 0.397. The smallest absolute Gasteiger partial charge is 0.299 e. The van der Waals surface area contributed by atoms with Gasteiger partial charge in [-0.1, -0.05) is 0 Å². The molecule has 0 fully saturated rings. The molecule has 4 aromatic rings. The lowest BCUT2D eigenvalue weighted by atomic mass is 10.2. The second kappa shape index (κ2) is 3.25. The Balaban J connectivity index is 2.03. The van der Waals surface area contributed by atoms with Crippen molar-refractivity contribution in [2.45, 2.75) is 6.54 Å². The second-order valence-electron chi connectivity index (χ2n) is 5.18. The number of imidazole rings is 2. The zero-order valence-corrected chi connectivity index (χ0v) is 11.0. The molecule has 20 heavy (non-hydrogen) atoms. The minimum Gasteiger partial charge on any atom is -0.303 e. The summed E-state index contributed by atoms with van der Waals surface area (Å²) in [6.45, 7) is 0.835. The molecule has 1 aliphatic heterocycles. The summed E-state index contributed by atoms with van der Waals surface area (Å²) < 4.78 is 6.66. The number of fused-ring (bicyclic) bond motifs is 7. The van der Waals surface area contributed by atoms with Crippen molar-refractivity contribution in [2.75, 3.05) is 0 Å². The van der Waals surface area contributed by atoms with Gasteiger partial charge in [0.25, 0.3) is 11.5 Å². The number of pyridine rings is 2. The van der Waals surface area contributed by atoms with Crippen LogP contribution in [-0.4, -0.2) is 18.9 Å². The highest BCUT2D eigenvalue weighted by atomic mass is 15.2. The second-order valence-corrected chi connectivity index (χ2v) is 5.18. The fraction of sp³-hybridized carbons (Fsp3) is 0.133. The number of hydrogen-bond acceptors (Lipinski definition) is 2. The molecule has 0 atom stereocenters. The van der Waals surface area contributed by atoms with E-state index in [1.54, 1.807) is 0 Å². The number of rotatable bonds is 0. The predicted octanol–water partition coefficient (Wildman–Crippen LogP) is 1.54. The first-order valence-electron chi connectivity index (χ1n) is 6.63. The van der Waals surface area contributed by atoms with Crippen LogP contribution in [0.4, 0.5) is 0 Å². The highest BCUT2D eigenvalue weighted by Gasteiger charge is 2.33. The van der Waals surface area contributed by atoms with Crippen LogP contribution in [0.15, 0.2) is 42.9 Å².